The lowest BCUT2D eigenvalue weighted by molar-refractivity contribution is 0.0601. The first-order chi connectivity index (χ1) is 14.4. The molecule has 11 heteroatoms. The van der Waals surface area contributed by atoms with Crippen molar-refractivity contribution in [2.45, 2.75) is 19.9 Å². The molecule has 2 amide bonds. The highest BCUT2D eigenvalue weighted by atomic mass is 32.1. The van der Waals surface area contributed by atoms with E-state index in [4.69, 9.17) is 5.84 Å². The third-order valence-electron chi connectivity index (χ3n) is 3.11. The zero-order chi connectivity index (χ0) is 22.4. The maximum Gasteiger partial charge on any atom is 0.338 e. The first-order valence-corrected chi connectivity index (χ1v) is 11.4. The van der Waals surface area contributed by atoms with E-state index in [2.05, 4.69) is 15.6 Å². The number of rotatable bonds is 5. The average Bonchev–Trinajstić information content (AvgIpc) is 3.54. The first kappa shape index (κ1) is 25.5. The van der Waals surface area contributed by atoms with Gasteiger partial charge in [-0.2, -0.15) is 34.0 Å². The zero-order valence-corrected chi connectivity index (χ0v) is 19.2. The summed E-state index contributed by atoms with van der Waals surface area (Å²) in [6, 6.07) is 5.50. The van der Waals surface area contributed by atoms with Gasteiger partial charge in [0.25, 0.3) is 11.8 Å². The number of nitrogens with one attached hydrogen (secondary N) is 3. The number of methoxy groups -OCH3 is 1. The lowest BCUT2D eigenvalue weighted by atomic mass is 10.3. The number of thiophene rings is 3. The van der Waals surface area contributed by atoms with Crippen molar-refractivity contribution in [3.63, 3.8) is 0 Å². The summed E-state index contributed by atoms with van der Waals surface area (Å²) >= 11 is 4.46. The minimum atomic E-state index is -0.267. The number of carbonyl (C=O) groups is 3. The molecular weight excluding hydrogens is 444 g/mol. The number of hydrogen-bond donors (Lipinski definition) is 4. The molecular formula is C19H24N4O4S3. The molecule has 8 nitrogen and oxygen atoms in total. The van der Waals surface area contributed by atoms with Gasteiger partial charge in [0.2, 0.25) is 0 Å². The number of nitrogen functional groups attached to an aromatic ring is 1. The van der Waals surface area contributed by atoms with E-state index < -0.39 is 0 Å². The summed E-state index contributed by atoms with van der Waals surface area (Å²) in [7, 11) is 1.38. The lowest BCUT2D eigenvalue weighted by Crippen LogP contribution is -2.41. The van der Waals surface area contributed by atoms with E-state index in [-0.39, 0.29) is 23.8 Å². The van der Waals surface area contributed by atoms with Crippen molar-refractivity contribution in [2.75, 3.05) is 7.11 Å². The Kier molecular flexibility index (Phi) is 12.2. The number of hydrogen-bond acceptors (Lipinski definition) is 9. The van der Waals surface area contributed by atoms with E-state index in [9.17, 15) is 14.4 Å². The Labute approximate surface area is 187 Å². The third-order valence-corrected chi connectivity index (χ3v) is 5.16. The Hall–Kier alpha value is -2.57. The van der Waals surface area contributed by atoms with Crippen molar-refractivity contribution in [1.82, 2.24) is 16.3 Å². The second-order valence-corrected chi connectivity index (χ2v) is 8.09. The van der Waals surface area contributed by atoms with Crippen LogP contribution >= 0.6 is 34.0 Å². The van der Waals surface area contributed by atoms with E-state index in [1.165, 1.54) is 41.1 Å². The molecule has 3 heterocycles. The van der Waals surface area contributed by atoms with Gasteiger partial charge < -0.3 is 4.74 Å². The van der Waals surface area contributed by atoms with E-state index in [0.717, 1.165) is 0 Å². The summed E-state index contributed by atoms with van der Waals surface area (Å²) in [5.74, 6) is 4.28. The van der Waals surface area contributed by atoms with Crippen LogP contribution in [0.5, 0.6) is 0 Å². The summed E-state index contributed by atoms with van der Waals surface area (Å²) < 4.78 is 4.46. The van der Waals surface area contributed by atoms with E-state index in [0.29, 0.717) is 16.7 Å². The molecule has 0 aliphatic rings. The molecule has 3 rings (SSSR count). The normalized spacial score (nSPS) is 9.50. The molecule has 0 bridgehead atoms. The molecule has 0 aliphatic heterocycles. The number of amides is 2. The molecule has 0 unspecified atom stereocenters. The van der Waals surface area contributed by atoms with Gasteiger partial charge in [-0.15, -0.1) is 0 Å². The largest absolute Gasteiger partial charge is 0.465 e. The highest BCUT2D eigenvalue weighted by Crippen LogP contribution is 2.06. The Morgan fingerprint density at radius 1 is 0.867 bits per heavy atom. The summed E-state index contributed by atoms with van der Waals surface area (Å²) in [6.07, 6.45) is 0. The topological polar surface area (TPSA) is 123 Å². The molecule has 3 aromatic rings. The van der Waals surface area contributed by atoms with E-state index in [1.807, 2.05) is 40.8 Å². The van der Waals surface area contributed by atoms with Gasteiger partial charge in [0.15, 0.2) is 0 Å². The van der Waals surface area contributed by atoms with Crippen LogP contribution in [0.15, 0.2) is 50.5 Å². The predicted octanol–water partition coefficient (Wildman–Crippen LogP) is 3.28. The van der Waals surface area contributed by atoms with Crippen LogP contribution in [-0.4, -0.2) is 30.9 Å². The Bertz CT molecular complexity index is 818. The molecule has 5 N–H and O–H groups in total. The Morgan fingerprint density at radius 3 is 1.70 bits per heavy atom. The monoisotopic (exact) mass is 468 g/mol. The van der Waals surface area contributed by atoms with Gasteiger partial charge in [-0.05, 0) is 48.2 Å². The van der Waals surface area contributed by atoms with Crippen LogP contribution in [0.25, 0.3) is 0 Å². The van der Waals surface area contributed by atoms with Crippen molar-refractivity contribution in [3.05, 3.63) is 67.2 Å². The van der Waals surface area contributed by atoms with Gasteiger partial charge in [0.1, 0.15) is 0 Å². The fraction of sp³-hybridized carbons (Fsp3) is 0.211. The fourth-order valence-corrected chi connectivity index (χ4v) is 3.55. The Morgan fingerprint density at radius 2 is 1.33 bits per heavy atom. The molecule has 0 saturated carbocycles. The van der Waals surface area contributed by atoms with Crippen molar-refractivity contribution < 1.29 is 19.1 Å². The number of esters is 1. The lowest BCUT2D eigenvalue weighted by Gasteiger charge is -2.08. The highest BCUT2D eigenvalue weighted by Gasteiger charge is 2.04. The number of ether oxygens (including phenoxy) is 1. The van der Waals surface area contributed by atoms with Crippen molar-refractivity contribution in [1.29, 1.82) is 0 Å². The van der Waals surface area contributed by atoms with Crippen LogP contribution in [-0.2, 0) is 4.74 Å². The summed E-state index contributed by atoms with van der Waals surface area (Å²) in [5.41, 5.74) is 9.42. The minimum Gasteiger partial charge on any atom is -0.465 e. The summed E-state index contributed by atoms with van der Waals surface area (Å²) in [4.78, 5) is 32.5. The van der Waals surface area contributed by atoms with Gasteiger partial charge in [0, 0.05) is 22.2 Å². The Balaban J connectivity index is 0.000000229. The maximum absolute atomic E-state index is 11.2. The van der Waals surface area contributed by atoms with E-state index in [1.54, 1.807) is 29.0 Å². The highest BCUT2D eigenvalue weighted by molar-refractivity contribution is 7.08. The predicted molar refractivity (Wildman–Crippen MR) is 122 cm³/mol. The van der Waals surface area contributed by atoms with Gasteiger partial charge in [0.05, 0.1) is 23.8 Å². The molecule has 3 aromatic heterocycles. The SMILES string of the molecule is CC(C)NNC(=O)c1ccsc1.COC(=O)c1ccsc1.NNC(=O)c1ccsc1. The van der Waals surface area contributed by atoms with Crippen LogP contribution < -0.4 is 22.1 Å². The molecule has 0 aromatic carbocycles. The quantitative estimate of drug-likeness (QED) is 0.197. The summed E-state index contributed by atoms with van der Waals surface area (Å²) in [6.45, 7) is 3.93. The average molecular weight is 469 g/mol. The second kappa shape index (κ2) is 14.4. The summed E-state index contributed by atoms with van der Waals surface area (Å²) in [5, 5.41) is 10.9. The molecule has 0 saturated heterocycles. The minimum absolute atomic E-state index is 0.0787. The van der Waals surface area contributed by atoms with Crippen LogP contribution in [0.1, 0.15) is 44.9 Å². The third kappa shape index (κ3) is 9.76. The molecule has 0 spiro atoms. The van der Waals surface area contributed by atoms with Crippen molar-refractivity contribution in [2.24, 2.45) is 5.84 Å². The first-order valence-electron chi connectivity index (χ1n) is 8.60. The van der Waals surface area contributed by atoms with Crippen LogP contribution in [0.4, 0.5) is 0 Å². The molecule has 30 heavy (non-hydrogen) atoms. The number of nitrogens with two attached hydrogens (primary N) is 1. The molecule has 0 fully saturated rings. The molecule has 162 valence electrons. The van der Waals surface area contributed by atoms with Gasteiger partial charge in [-0.1, -0.05) is 0 Å². The van der Waals surface area contributed by atoms with Crippen molar-refractivity contribution >= 4 is 51.8 Å². The van der Waals surface area contributed by atoms with Crippen LogP contribution in [0, 0.1) is 0 Å². The van der Waals surface area contributed by atoms with Crippen LogP contribution in [0.2, 0.25) is 0 Å². The molecule has 0 aliphatic carbocycles. The van der Waals surface area contributed by atoms with Crippen molar-refractivity contribution in [3.8, 4) is 0 Å². The maximum atomic E-state index is 11.2. The number of carbonyl (C=O) groups excluding carboxylic acids is 3. The van der Waals surface area contributed by atoms with E-state index >= 15 is 0 Å². The fourth-order valence-electron chi connectivity index (χ4n) is 1.65. The zero-order valence-electron chi connectivity index (χ0n) is 16.7. The second-order valence-electron chi connectivity index (χ2n) is 5.75. The molecule has 0 radical (unpaired) electrons. The smallest absolute Gasteiger partial charge is 0.338 e. The molecule has 0 atom stereocenters. The van der Waals surface area contributed by atoms with Gasteiger partial charge in [-0.25, -0.2) is 16.1 Å². The number of hydrazine groups is 2. The van der Waals surface area contributed by atoms with Crippen LogP contribution in [0.3, 0.4) is 0 Å². The van der Waals surface area contributed by atoms with Gasteiger partial charge >= 0.3 is 5.97 Å². The van der Waals surface area contributed by atoms with Gasteiger partial charge in [-0.3, -0.25) is 20.4 Å². The standard InChI is InChI=1S/C8H12N2OS.C6H6O2S.C5H6N2OS/c1-6(2)9-10-8(11)7-3-4-12-5-7;1-8-6(7)5-2-3-9-4-5;6-7-5(8)4-1-2-9-3-4/h3-6,9H,1-2H3,(H,10,11);2-4H,1H3;1-3H,6H2,(H,7,8).